The maximum absolute atomic E-state index is 11.9. The molecule has 17 heavy (non-hydrogen) atoms. The normalized spacial score (nSPS) is 10.0. The molecule has 0 aliphatic carbocycles. The number of hydrogen-bond acceptors (Lipinski definition) is 3. The van der Waals surface area contributed by atoms with Gasteiger partial charge < -0.3 is 5.32 Å². The molecule has 0 atom stereocenters. The predicted octanol–water partition coefficient (Wildman–Crippen LogP) is 2.35. The van der Waals surface area contributed by atoms with Crippen molar-refractivity contribution in [1.82, 2.24) is 9.97 Å². The lowest BCUT2D eigenvalue weighted by molar-refractivity contribution is 0.102. The van der Waals surface area contributed by atoms with Crippen LogP contribution in [0.15, 0.2) is 36.4 Å². The molecule has 0 fully saturated rings. The van der Waals surface area contributed by atoms with Crippen molar-refractivity contribution >= 4 is 11.6 Å². The van der Waals surface area contributed by atoms with Crippen molar-refractivity contribution in [3.63, 3.8) is 0 Å². The van der Waals surface area contributed by atoms with E-state index >= 15 is 0 Å². The topological polar surface area (TPSA) is 54.9 Å². The van der Waals surface area contributed by atoms with Gasteiger partial charge in [0.25, 0.3) is 5.91 Å². The second-order valence-corrected chi connectivity index (χ2v) is 3.76. The molecule has 0 bridgehead atoms. The molecule has 0 saturated carbocycles. The Kier molecular flexibility index (Phi) is 3.14. The fourth-order valence-electron chi connectivity index (χ4n) is 1.55. The van der Waals surface area contributed by atoms with Crippen molar-refractivity contribution in [3.05, 3.63) is 53.6 Å². The van der Waals surface area contributed by atoms with Crippen LogP contribution < -0.4 is 5.32 Å². The maximum atomic E-state index is 11.9. The van der Waals surface area contributed by atoms with E-state index < -0.39 is 0 Å². The summed E-state index contributed by atoms with van der Waals surface area (Å²) in [6.07, 6.45) is 0. The molecule has 2 rings (SSSR count). The summed E-state index contributed by atoms with van der Waals surface area (Å²) < 4.78 is 0. The first-order valence-electron chi connectivity index (χ1n) is 5.34. The third-order valence-electron chi connectivity index (χ3n) is 2.23. The van der Waals surface area contributed by atoms with Gasteiger partial charge in [-0.05, 0) is 32.0 Å². The lowest BCUT2D eigenvalue weighted by Crippen LogP contribution is -2.15. The smallest absolute Gasteiger partial charge is 0.274 e. The molecule has 1 aromatic carbocycles. The number of aromatic nitrogens is 2. The zero-order chi connectivity index (χ0) is 12.3. The Hall–Kier alpha value is -2.23. The molecule has 2 aromatic rings. The number of amides is 1. The van der Waals surface area contributed by atoms with Gasteiger partial charge in [0.15, 0.2) is 0 Å². The molecule has 1 N–H and O–H groups in total. The van der Waals surface area contributed by atoms with Gasteiger partial charge in [-0.25, -0.2) is 9.97 Å². The maximum Gasteiger partial charge on any atom is 0.274 e. The molecule has 86 valence electrons. The molecule has 1 amide bonds. The van der Waals surface area contributed by atoms with Crippen LogP contribution in [0, 0.1) is 13.8 Å². The molecule has 0 unspecified atom stereocenters. The Morgan fingerprint density at radius 1 is 1.12 bits per heavy atom. The van der Waals surface area contributed by atoms with Gasteiger partial charge in [0.05, 0.1) is 0 Å². The third-order valence-corrected chi connectivity index (χ3v) is 2.23. The summed E-state index contributed by atoms with van der Waals surface area (Å²) in [7, 11) is 0. The van der Waals surface area contributed by atoms with E-state index in [4.69, 9.17) is 0 Å². The molecule has 0 radical (unpaired) electrons. The van der Waals surface area contributed by atoms with Crippen LogP contribution >= 0.6 is 0 Å². The molecular weight excluding hydrogens is 214 g/mol. The van der Waals surface area contributed by atoms with Gasteiger partial charge in [0.1, 0.15) is 11.5 Å². The van der Waals surface area contributed by atoms with E-state index in [9.17, 15) is 4.79 Å². The minimum atomic E-state index is -0.218. The minimum Gasteiger partial charge on any atom is -0.321 e. The number of aryl methyl sites for hydroxylation is 2. The molecule has 0 aliphatic heterocycles. The highest BCUT2D eigenvalue weighted by atomic mass is 16.1. The summed E-state index contributed by atoms with van der Waals surface area (Å²) >= 11 is 0. The highest BCUT2D eigenvalue weighted by molar-refractivity contribution is 6.02. The SMILES string of the molecule is Cc1cc(C(=O)Nc2ccccc2)nc(C)n1. The molecule has 0 spiro atoms. The van der Waals surface area contributed by atoms with E-state index in [1.807, 2.05) is 37.3 Å². The van der Waals surface area contributed by atoms with Crippen molar-refractivity contribution in [1.29, 1.82) is 0 Å². The highest BCUT2D eigenvalue weighted by Crippen LogP contribution is 2.08. The van der Waals surface area contributed by atoms with Gasteiger partial charge in [-0.1, -0.05) is 18.2 Å². The fourth-order valence-corrected chi connectivity index (χ4v) is 1.55. The Morgan fingerprint density at radius 3 is 2.47 bits per heavy atom. The molecule has 4 nitrogen and oxygen atoms in total. The summed E-state index contributed by atoms with van der Waals surface area (Å²) in [5.41, 5.74) is 1.93. The van der Waals surface area contributed by atoms with Crippen LogP contribution in [0.1, 0.15) is 22.0 Å². The molecular formula is C13H13N3O. The number of carbonyl (C=O) groups excluding carboxylic acids is 1. The third kappa shape index (κ3) is 2.87. The standard InChI is InChI=1S/C13H13N3O/c1-9-8-12(15-10(2)14-9)13(17)16-11-6-4-3-5-7-11/h3-8H,1-2H3,(H,16,17). The van der Waals surface area contributed by atoms with E-state index in [-0.39, 0.29) is 5.91 Å². The van der Waals surface area contributed by atoms with Gasteiger partial charge in [0.2, 0.25) is 0 Å². The lowest BCUT2D eigenvalue weighted by Gasteiger charge is -2.05. The van der Waals surface area contributed by atoms with Gasteiger partial charge in [-0.15, -0.1) is 0 Å². The van der Waals surface area contributed by atoms with Crippen LogP contribution in [-0.2, 0) is 0 Å². The average Bonchev–Trinajstić information content (AvgIpc) is 2.29. The number of benzene rings is 1. The Labute approximate surface area is 99.7 Å². The monoisotopic (exact) mass is 227 g/mol. The van der Waals surface area contributed by atoms with Crippen LogP contribution in [0.4, 0.5) is 5.69 Å². The number of hydrogen-bond donors (Lipinski definition) is 1. The average molecular weight is 227 g/mol. The number of carbonyl (C=O) groups is 1. The Bertz CT molecular complexity index is 517. The number of anilines is 1. The van der Waals surface area contributed by atoms with Crippen molar-refractivity contribution < 1.29 is 4.79 Å². The van der Waals surface area contributed by atoms with E-state index in [0.29, 0.717) is 11.5 Å². The molecule has 0 saturated heterocycles. The molecule has 1 aromatic heterocycles. The Balaban J connectivity index is 2.20. The zero-order valence-corrected chi connectivity index (χ0v) is 9.77. The fraction of sp³-hybridized carbons (Fsp3) is 0.154. The van der Waals surface area contributed by atoms with Gasteiger partial charge in [-0.2, -0.15) is 0 Å². The van der Waals surface area contributed by atoms with Crippen LogP contribution in [0.3, 0.4) is 0 Å². The number of nitrogens with zero attached hydrogens (tertiary/aromatic N) is 2. The van der Waals surface area contributed by atoms with Gasteiger partial charge >= 0.3 is 0 Å². The van der Waals surface area contributed by atoms with Crippen molar-refractivity contribution in [2.75, 3.05) is 5.32 Å². The van der Waals surface area contributed by atoms with Crippen molar-refractivity contribution in [2.45, 2.75) is 13.8 Å². The first-order chi connectivity index (χ1) is 8.15. The zero-order valence-electron chi connectivity index (χ0n) is 9.77. The summed E-state index contributed by atoms with van der Waals surface area (Å²) in [4.78, 5) is 20.2. The van der Waals surface area contributed by atoms with Crippen LogP contribution in [-0.4, -0.2) is 15.9 Å². The van der Waals surface area contributed by atoms with Crippen molar-refractivity contribution in [2.24, 2.45) is 0 Å². The second-order valence-electron chi connectivity index (χ2n) is 3.76. The van der Waals surface area contributed by atoms with E-state index in [1.165, 1.54) is 0 Å². The number of nitrogens with one attached hydrogen (secondary N) is 1. The van der Waals surface area contributed by atoms with Gasteiger partial charge in [0, 0.05) is 11.4 Å². The highest BCUT2D eigenvalue weighted by Gasteiger charge is 2.09. The van der Waals surface area contributed by atoms with E-state index in [0.717, 1.165) is 11.4 Å². The van der Waals surface area contributed by atoms with Crippen LogP contribution in [0.5, 0.6) is 0 Å². The molecule has 0 aliphatic rings. The predicted molar refractivity (Wildman–Crippen MR) is 65.9 cm³/mol. The summed E-state index contributed by atoms with van der Waals surface area (Å²) in [6, 6.07) is 11.0. The first kappa shape index (κ1) is 11.3. The first-order valence-corrected chi connectivity index (χ1v) is 5.34. The Morgan fingerprint density at radius 2 is 1.82 bits per heavy atom. The molecule has 1 heterocycles. The summed E-state index contributed by atoms with van der Waals surface area (Å²) in [5, 5.41) is 2.78. The number of para-hydroxylation sites is 1. The summed E-state index contributed by atoms with van der Waals surface area (Å²) in [6.45, 7) is 3.61. The largest absolute Gasteiger partial charge is 0.321 e. The second kappa shape index (κ2) is 4.74. The van der Waals surface area contributed by atoms with E-state index in [1.54, 1.807) is 13.0 Å². The summed E-state index contributed by atoms with van der Waals surface area (Å²) in [5.74, 6) is 0.382. The lowest BCUT2D eigenvalue weighted by atomic mass is 10.3. The van der Waals surface area contributed by atoms with Crippen molar-refractivity contribution in [3.8, 4) is 0 Å². The van der Waals surface area contributed by atoms with E-state index in [2.05, 4.69) is 15.3 Å². The van der Waals surface area contributed by atoms with Gasteiger partial charge in [-0.3, -0.25) is 4.79 Å². The quantitative estimate of drug-likeness (QED) is 0.856. The number of rotatable bonds is 2. The van der Waals surface area contributed by atoms with Crippen LogP contribution in [0.25, 0.3) is 0 Å². The molecule has 4 heteroatoms. The van der Waals surface area contributed by atoms with Crippen LogP contribution in [0.2, 0.25) is 0 Å². The minimum absolute atomic E-state index is 0.218.